The van der Waals surface area contributed by atoms with Gasteiger partial charge in [0.1, 0.15) is 5.69 Å². The summed E-state index contributed by atoms with van der Waals surface area (Å²) in [5.41, 5.74) is 3.22. The van der Waals surface area contributed by atoms with E-state index in [9.17, 15) is 0 Å². The summed E-state index contributed by atoms with van der Waals surface area (Å²) < 4.78 is 5.04. The first-order chi connectivity index (χ1) is 7.33. The zero-order valence-corrected chi connectivity index (χ0v) is 9.29. The fourth-order valence-electron chi connectivity index (χ4n) is 1.42. The Balaban J connectivity index is 2.28. The normalized spacial score (nSPS) is 10.5. The number of hydrogen-bond acceptors (Lipinski definition) is 2. The first-order valence-electron chi connectivity index (χ1n) is 4.94. The summed E-state index contributed by atoms with van der Waals surface area (Å²) in [6.45, 7) is 2.14. The minimum atomic E-state index is 0.361. The van der Waals surface area contributed by atoms with Crippen LogP contribution in [0.3, 0.4) is 0 Å². The van der Waals surface area contributed by atoms with Gasteiger partial charge >= 0.3 is 0 Å². The molecule has 0 amide bonds. The second-order valence-electron chi connectivity index (χ2n) is 3.36. The van der Waals surface area contributed by atoms with E-state index < -0.39 is 0 Å². The molecule has 0 aliphatic rings. The van der Waals surface area contributed by atoms with E-state index in [1.165, 1.54) is 5.56 Å². The lowest BCUT2D eigenvalue weighted by molar-refractivity contribution is 0.396. The molecule has 15 heavy (non-hydrogen) atoms. The van der Waals surface area contributed by atoms with Crippen LogP contribution in [0.25, 0.3) is 11.3 Å². The van der Waals surface area contributed by atoms with Crippen molar-refractivity contribution in [2.45, 2.75) is 19.2 Å². The highest BCUT2D eigenvalue weighted by Crippen LogP contribution is 2.20. The van der Waals surface area contributed by atoms with Crippen LogP contribution < -0.4 is 0 Å². The summed E-state index contributed by atoms with van der Waals surface area (Å²) in [5, 5.41) is 3.95. The first kappa shape index (κ1) is 10.2. The smallest absolute Gasteiger partial charge is 0.152 e. The maximum atomic E-state index is 5.64. The standard InChI is InChI=1S/C12H12ClNO/c1-2-9-3-5-10(6-4-9)12-7-11(8-13)15-14-12/h3-7H,2,8H2,1H3. The molecule has 0 atom stereocenters. The Bertz CT molecular complexity index is 433. The van der Waals surface area contributed by atoms with E-state index in [0.717, 1.165) is 17.7 Å². The highest BCUT2D eigenvalue weighted by atomic mass is 35.5. The minimum absolute atomic E-state index is 0.361. The number of halogens is 1. The molecule has 0 fully saturated rings. The number of benzene rings is 1. The molecule has 0 bridgehead atoms. The second kappa shape index (κ2) is 4.49. The highest BCUT2D eigenvalue weighted by Gasteiger charge is 2.04. The lowest BCUT2D eigenvalue weighted by Gasteiger charge is -1.97. The van der Waals surface area contributed by atoms with Gasteiger partial charge in [0, 0.05) is 11.6 Å². The summed E-state index contributed by atoms with van der Waals surface area (Å²) in [6.07, 6.45) is 1.05. The summed E-state index contributed by atoms with van der Waals surface area (Å²) in [6, 6.07) is 10.2. The van der Waals surface area contributed by atoms with E-state index in [1.807, 2.05) is 6.07 Å². The van der Waals surface area contributed by atoms with Gasteiger partial charge in [-0.25, -0.2) is 0 Å². The number of hydrogen-bond donors (Lipinski definition) is 0. The van der Waals surface area contributed by atoms with Gasteiger partial charge in [0.2, 0.25) is 0 Å². The third kappa shape index (κ3) is 2.21. The van der Waals surface area contributed by atoms with Crippen molar-refractivity contribution in [3.05, 3.63) is 41.7 Å². The van der Waals surface area contributed by atoms with Gasteiger partial charge in [-0.15, -0.1) is 11.6 Å². The third-order valence-electron chi connectivity index (χ3n) is 2.35. The molecule has 3 heteroatoms. The maximum Gasteiger partial charge on any atom is 0.152 e. The molecule has 2 nitrogen and oxygen atoms in total. The number of nitrogens with zero attached hydrogens (tertiary/aromatic N) is 1. The molecule has 0 saturated heterocycles. The van der Waals surface area contributed by atoms with Gasteiger partial charge in [0.15, 0.2) is 5.76 Å². The molecule has 2 aromatic rings. The van der Waals surface area contributed by atoms with Crippen molar-refractivity contribution in [3.63, 3.8) is 0 Å². The Labute approximate surface area is 93.9 Å². The van der Waals surface area contributed by atoms with Crippen molar-refractivity contribution in [3.8, 4) is 11.3 Å². The predicted molar refractivity (Wildman–Crippen MR) is 60.9 cm³/mol. The van der Waals surface area contributed by atoms with Gasteiger partial charge in [-0.2, -0.15) is 0 Å². The molecule has 1 aromatic heterocycles. The lowest BCUT2D eigenvalue weighted by Crippen LogP contribution is -1.80. The fraction of sp³-hybridized carbons (Fsp3) is 0.250. The van der Waals surface area contributed by atoms with Crippen molar-refractivity contribution < 1.29 is 4.52 Å². The van der Waals surface area contributed by atoms with Crippen LogP contribution in [0.5, 0.6) is 0 Å². The minimum Gasteiger partial charge on any atom is -0.359 e. The monoisotopic (exact) mass is 221 g/mol. The molecule has 0 aliphatic heterocycles. The number of rotatable bonds is 3. The predicted octanol–water partition coefficient (Wildman–Crippen LogP) is 3.64. The van der Waals surface area contributed by atoms with Gasteiger partial charge in [0.05, 0.1) is 5.88 Å². The Morgan fingerprint density at radius 2 is 2.00 bits per heavy atom. The van der Waals surface area contributed by atoms with Gasteiger partial charge in [0.25, 0.3) is 0 Å². The van der Waals surface area contributed by atoms with E-state index in [2.05, 4.69) is 36.3 Å². The van der Waals surface area contributed by atoms with Crippen LogP contribution in [0, 0.1) is 0 Å². The number of aromatic nitrogens is 1. The Hall–Kier alpha value is -1.28. The van der Waals surface area contributed by atoms with Crippen LogP contribution in [0.2, 0.25) is 0 Å². The van der Waals surface area contributed by atoms with Crippen molar-refractivity contribution in [2.24, 2.45) is 0 Å². The second-order valence-corrected chi connectivity index (χ2v) is 3.63. The molecule has 0 saturated carbocycles. The Morgan fingerprint density at radius 3 is 2.53 bits per heavy atom. The van der Waals surface area contributed by atoms with Gasteiger partial charge < -0.3 is 4.52 Å². The van der Waals surface area contributed by atoms with Crippen LogP contribution in [-0.4, -0.2) is 5.16 Å². The van der Waals surface area contributed by atoms with Crippen molar-refractivity contribution in [1.29, 1.82) is 0 Å². The van der Waals surface area contributed by atoms with Crippen LogP contribution in [-0.2, 0) is 12.3 Å². The molecule has 0 aliphatic carbocycles. The molecular weight excluding hydrogens is 210 g/mol. The molecule has 78 valence electrons. The zero-order chi connectivity index (χ0) is 10.7. The largest absolute Gasteiger partial charge is 0.359 e. The van der Waals surface area contributed by atoms with Gasteiger partial charge in [-0.1, -0.05) is 36.3 Å². The summed E-state index contributed by atoms with van der Waals surface area (Å²) in [7, 11) is 0. The average molecular weight is 222 g/mol. The van der Waals surface area contributed by atoms with Crippen molar-refractivity contribution >= 4 is 11.6 Å². The van der Waals surface area contributed by atoms with Crippen molar-refractivity contribution in [1.82, 2.24) is 5.16 Å². The highest BCUT2D eigenvalue weighted by molar-refractivity contribution is 6.16. The van der Waals surface area contributed by atoms with E-state index in [0.29, 0.717) is 11.6 Å². The topological polar surface area (TPSA) is 26.0 Å². The van der Waals surface area contributed by atoms with E-state index in [1.54, 1.807) is 0 Å². The summed E-state index contributed by atoms with van der Waals surface area (Å²) in [4.78, 5) is 0. The van der Waals surface area contributed by atoms with E-state index >= 15 is 0 Å². The van der Waals surface area contributed by atoms with Crippen LogP contribution in [0.4, 0.5) is 0 Å². The molecular formula is C12H12ClNO. The number of alkyl halides is 1. The number of aryl methyl sites for hydroxylation is 1. The van der Waals surface area contributed by atoms with E-state index in [-0.39, 0.29) is 0 Å². The van der Waals surface area contributed by atoms with Crippen LogP contribution in [0.1, 0.15) is 18.2 Å². The Kier molecular flexibility index (Phi) is 3.07. The lowest BCUT2D eigenvalue weighted by atomic mass is 10.1. The Morgan fingerprint density at radius 1 is 1.27 bits per heavy atom. The third-order valence-corrected chi connectivity index (χ3v) is 2.61. The average Bonchev–Trinajstić information content (AvgIpc) is 2.78. The first-order valence-corrected chi connectivity index (χ1v) is 5.48. The van der Waals surface area contributed by atoms with E-state index in [4.69, 9.17) is 16.1 Å². The fourth-order valence-corrected chi connectivity index (χ4v) is 1.55. The molecule has 0 radical (unpaired) electrons. The molecule has 0 spiro atoms. The summed E-state index contributed by atoms with van der Waals surface area (Å²) in [5.74, 6) is 1.06. The molecule has 0 unspecified atom stereocenters. The van der Waals surface area contributed by atoms with Crippen LogP contribution >= 0.6 is 11.6 Å². The zero-order valence-electron chi connectivity index (χ0n) is 8.53. The molecule has 0 N–H and O–H groups in total. The molecule has 1 aromatic carbocycles. The molecule has 1 heterocycles. The SMILES string of the molecule is CCc1ccc(-c2cc(CCl)on2)cc1. The quantitative estimate of drug-likeness (QED) is 0.740. The van der Waals surface area contributed by atoms with Gasteiger partial charge in [-0.05, 0) is 12.0 Å². The maximum absolute atomic E-state index is 5.64. The van der Waals surface area contributed by atoms with Crippen molar-refractivity contribution in [2.75, 3.05) is 0 Å². The molecule has 2 rings (SSSR count). The van der Waals surface area contributed by atoms with Gasteiger partial charge in [-0.3, -0.25) is 0 Å². The van der Waals surface area contributed by atoms with Crippen LogP contribution in [0.15, 0.2) is 34.9 Å². The summed E-state index contributed by atoms with van der Waals surface area (Å²) >= 11 is 5.64.